The highest BCUT2D eigenvalue weighted by atomic mass is 16.6. The standard InChI is InChI=1S/C15H17NO3/c1-2-7-16-14(17)15(5-6-15)11-3-4-12-13(10-11)19-9-8-18-12/h2-4,10H,1,5-9H2,(H,16,17). The van der Waals surface area contributed by atoms with Gasteiger partial charge in [-0.2, -0.15) is 0 Å². The van der Waals surface area contributed by atoms with E-state index in [-0.39, 0.29) is 11.3 Å². The predicted octanol–water partition coefficient (Wildman–Crippen LogP) is 1.79. The van der Waals surface area contributed by atoms with Gasteiger partial charge in [-0.25, -0.2) is 0 Å². The number of carbonyl (C=O) groups is 1. The van der Waals surface area contributed by atoms with Crippen molar-refractivity contribution in [3.05, 3.63) is 36.4 Å². The van der Waals surface area contributed by atoms with Gasteiger partial charge in [0.1, 0.15) is 13.2 Å². The Morgan fingerprint density at radius 1 is 1.32 bits per heavy atom. The van der Waals surface area contributed by atoms with E-state index in [1.807, 2.05) is 18.2 Å². The summed E-state index contributed by atoms with van der Waals surface area (Å²) in [5, 5.41) is 2.88. The van der Waals surface area contributed by atoms with Crippen LogP contribution in [0.4, 0.5) is 0 Å². The van der Waals surface area contributed by atoms with Gasteiger partial charge < -0.3 is 14.8 Å². The van der Waals surface area contributed by atoms with Crippen LogP contribution in [-0.2, 0) is 10.2 Å². The molecule has 1 aliphatic carbocycles. The lowest BCUT2D eigenvalue weighted by Crippen LogP contribution is -2.34. The number of fused-ring (bicyclic) bond motifs is 1. The molecule has 0 bridgehead atoms. The van der Waals surface area contributed by atoms with E-state index >= 15 is 0 Å². The van der Waals surface area contributed by atoms with Crippen molar-refractivity contribution in [2.24, 2.45) is 0 Å². The van der Waals surface area contributed by atoms with Gasteiger partial charge in [0.25, 0.3) is 0 Å². The van der Waals surface area contributed by atoms with Crippen LogP contribution in [0.3, 0.4) is 0 Å². The van der Waals surface area contributed by atoms with Crippen molar-refractivity contribution < 1.29 is 14.3 Å². The van der Waals surface area contributed by atoms with Gasteiger partial charge in [0.2, 0.25) is 5.91 Å². The molecule has 2 aliphatic rings. The summed E-state index contributed by atoms with van der Waals surface area (Å²) < 4.78 is 11.1. The molecule has 0 saturated heterocycles. The molecule has 4 heteroatoms. The third-order valence-corrected chi connectivity index (χ3v) is 3.69. The Morgan fingerprint density at radius 2 is 2.05 bits per heavy atom. The minimum Gasteiger partial charge on any atom is -0.486 e. The molecule has 4 nitrogen and oxygen atoms in total. The van der Waals surface area contributed by atoms with Gasteiger partial charge in [0, 0.05) is 6.54 Å². The molecule has 1 aromatic rings. The maximum atomic E-state index is 12.2. The van der Waals surface area contributed by atoms with E-state index in [1.54, 1.807) is 6.08 Å². The van der Waals surface area contributed by atoms with Gasteiger partial charge in [0.15, 0.2) is 11.5 Å². The van der Waals surface area contributed by atoms with Crippen molar-refractivity contribution >= 4 is 5.91 Å². The number of carbonyl (C=O) groups excluding carboxylic acids is 1. The lowest BCUT2D eigenvalue weighted by atomic mass is 9.94. The van der Waals surface area contributed by atoms with E-state index in [9.17, 15) is 4.79 Å². The maximum absolute atomic E-state index is 12.2. The fourth-order valence-corrected chi connectivity index (χ4v) is 2.45. The summed E-state index contributed by atoms with van der Waals surface area (Å²) in [5.74, 6) is 1.58. The predicted molar refractivity (Wildman–Crippen MR) is 71.6 cm³/mol. The monoisotopic (exact) mass is 259 g/mol. The molecule has 0 radical (unpaired) electrons. The molecule has 1 aromatic carbocycles. The summed E-state index contributed by atoms with van der Waals surface area (Å²) in [7, 11) is 0. The van der Waals surface area contributed by atoms with E-state index in [0.29, 0.717) is 19.8 Å². The van der Waals surface area contributed by atoms with Crippen LogP contribution in [0.1, 0.15) is 18.4 Å². The van der Waals surface area contributed by atoms with Crippen LogP contribution in [0, 0.1) is 0 Å². The quantitative estimate of drug-likeness (QED) is 0.839. The molecule has 1 amide bonds. The van der Waals surface area contributed by atoms with Crippen LogP contribution in [0.15, 0.2) is 30.9 Å². The third kappa shape index (κ3) is 2.07. The van der Waals surface area contributed by atoms with Gasteiger partial charge >= 0.3 is 0 Å². The number of hydrogen-bond acceptors (Lipinski definition) is 3. The van der Waals surface area contributed by atoms with E-state index in [1.165, 1.54) is 0 Å². The highest BCUT2D eigenvalue weighted by Gasteiger charge is 2.51. The molecule has 1 aliphatic heterocycles. The fraction of sp³-hybridized carbons (Fsp3) is 0.400. The molecule has 3 rings (SSSR count). The van der Waals surface area contributed by atoms with Crippen molar-refractivity contribution in [2.45, 2.75) is 18.3 Å². The first-order valence-corrected chi connectivity index (χ1v) is 6.55. The summed E-state index contributed by atoms with van der Waals surface area (Å²) in [6.07, 6.45) is 3.46. The first kappa shape index (κ1) is 12.1. The normalized spacial score (nSPS) is 18.5. The first-order valence-electron chi connectivity index (χ1n) is 6.55. The van der Waals surface area contributed by atoms with E-state index in [0.717, 1.165) is 29.9 Å². The number of amides is 1. The van der Waals surface area contributed by atoms with Crippen LogP contribution in [-0.4, -0.2) is 25.7 Å². The average molecular weight is 259 g/mol. The smallest absolute Gasteiger partial charge is 0.230 e. The van der Waals surface area contributed by atoms with Crippen molar-refractivity contribution in [1.82, 2.24) is 5.32 Å². The molecule has 1 fully saturated rings. The summed E-state index contributed by atoms with van der Waals surface area (Å²) >= 11 is 0. The molecule has 0 spiro atoms. The highest BCUT2D eigenvalue weighted by molar-refractivity contribution is 5.91. The molecule has 0 unspecified atom stereocenters. The number of nitrogens with one attached hydrogen (secondary N) is 1. The van der Waals surface area contributed by atoms with E-state index in [2.05, 4.69) is 11.9 Å². The molecule has 1 saturated carbocycles. The minimum atomic E-state index is -0.376. The van der Waals surface area contributed by atoms with Crippen molar-refractivity contribution in [1.29, 1.82) is 0 Å². The summed E-state index contributed by atoms with van der Waals surface area (Å²) in [4.78, 5) is 12.2. The van der Waals surface area contributed by atoms with E-state index < -0.39 is 0 Å². The average Bonchev–Trinajstić information content (AvgIpc) is 3.26. The number of rotatable bonds is 4. The first-order chi connectivity index (χ1) is 9.26. The zero-order chi connectivity index (χ0) is 13.3. The molecular weight excluding hydrogens is 242 g/mol. The van der Waals surface area contributed by atoms with Crippen LogP contribution < -0.4 is 14.8 Å². The second kappa shape index (κ2) is 4.61. The van der Waals surface area contributed by atoms with Gasteiger partial charge in [0.05, 0.1) is 5.41 Å². The van der Waals surface area contributed by atoms with E-state index in [4.69, 9.17) is 9.47 Å². The second-order valence-electron chi connectivity index (χ2n) is 4.94. The number of ether oxygens (including phenoxy) is 2. The van der Waals surface area contributed by atoms with Gasteiger partial charge in [-0.3, -0.25) is 4.79 Å². The molecule has 100 valence electrons. The van der Waals surface area contributed by atoms with Crippen molar-refractivity contribution in [3.8, 4) is 11.5 Å². The van der Waals surface area contributed by atoms with Gasteiger partial charge in [-0.15, -0.1) is 6.58 Å². The SMILES string of the molecule is C=CCNC(=O)C1(c2ccc3c(c2)OCCO3)CC1. The van der Waals surface area contributed by atoms with Crippen LogP contribution in [0.25, 0.3) is 0 Å². The topological polar surface area (TPSA) is 47.6 Å². The number of hydrogen-bond donors (Lipinski definition) is 1. The molecule has 0 atom stereocenters. The maximum Gasteiger partial charge on any atom is 0.230 e. The lowest BCUT2D eigenvalue weighted by Gasteiger charge is -2.21. The van der Waals surface area contributed by atoms with Crippen molar-refractivity contribution in [2.75, 3.05) is 19.8 Å². The fourth-order valence-electron chi connectivity index (χ4n) is 2.45. The molecule has 1 N–H and O–H groups in total. The summed E-state index contributed by atoms with van der Waals surface area (Å²) in [6, 6.07) is 5.80. The number of benzene rings is 1. The Balaban J connectivity index is 1.85. The van der Waals surface area contributed by atoms with Crippen LogP contribution in [0.5, 0.6) is 11.5 Å². The van der Waals surface area contributed by atoms with Crippen molar-refractivity contribution in [3.63, 3.8) is 0 Å². The Hall–Kier alpha value is -1.97. The Morgan fingerprint density at radius 3 is 2.74 bits per heavy atom. The zero-order valence-electron chi connectivity index (χ0n) is 10.8. The Labute approximate surface area is 112 Å². The third-order valence-electron chi connectivity index (χ3n) is 3.69. The highest BCUT2D eigenvalue weighted by Crippen LogP contribution is 2.50. The second-order valence-corrected chi connectivity index (χ2v) is 4.94. The molecular formula is C15H17NO3. The Bertz CT molecular complexity index is 520. The molecule has 1 heterocycles. The lowest BCUT2D eigenvalue weighted by molar-refractivity contribution is -0.123. The summed E-state index contributed by atoms with van der Waals surface area (Å²) in [6.45, 7) is 5.26. The summed E-state index contributed by atoms with van der Waals surface area (Å²) in [5.41, 5.74) is 0.636. The largest absolute Gasteiger partial charge is 0.486 e. The zero-order valence-corrected chi connectivity index (χ0v) is 10.8. The molecule has 19 heavy (non-hydrogen) atoms. The van der Waals surface area contributed by atoms with Gasteiger partial charge in [-0.05, 0) is 30.5 Å². The van der Waals surface area contributed by atoms with Gasteiger partial charge in [-0.1, -0.05) is 12.1 Å². The van der Waals surface area contributed by atoms with Crippen LogP contribution >= 0.6 is 0 Å². The Kier molecular flexibility index (Phi) is 2.93. The molecule has 0 aromatic heterocycles. The van der Waals surface area contributed by atoms with Crippen LogP contribution in [0.2, 0.25) is 0 Å². The minimum absolute atomic E-state index is 0.0732.